The van der Waals surface area contributed by atoms with E-state index in [-0.39, 0.29) is 11.5 Å². The Balaban J connectivity index is 2.12. The Bertz CT molecular complexity index is 614. The summed E-state index contributed by atoms with van der Waals surface area (Å²) in [6.07, 6.45) is 2.53. The maximum Gasteiger partial charge on any atom is 0.312 e. The molecule has 0 unspecified atom stereocenters. The lowest BCUT2D eigenvalue weighted by atomic mass is 10.1. The molecule has 0 spiro atoms. The molecular formula is C14H14BrN3O2. The van der Waals surface area contributed by atoms with Gasteiger partial charge in [-0.1, -0.05) is 31.2 Å². The van der Waals surface area contributed by atoms with Gasteiger partial charge in [0.15, 0.2) is 0 Å². The van der Waals surface area contributed by atoms with E-state index >= 15 is 0 Å². The minimum absolute atomic E-state index is 0.0375. The van der Waals surface area contributed by atoms with Gasteiger partial charge in [0.1, 0.15) is 0 Å². The molecular weight excluding hydrogens is 322 g/mol. The van der Waals surface area contributed by atoms with Crippen LogP contribution in [0.1, 0.15) is 18.1 Å². The summed E-state index contributed by atoms with van der Waals surface area (Å²) in [5.74, 6) is 0.276. The van der Waals surface area contributed by atoms with E-state index < -0.39 is 4.92 Å². The molecule has 0 saturated carbocycles. The third kappa shape index (κ3) is 3.54. The third-order valence-corrected chi connectivity index (χ3v) is 3.36. The third-order valence-electron chi connectivity index (χ3n) is 2.92. The van der Waals surface area contributed by atoms with Crippen LogP contribution in [0.15, 0.2) is 41.0 Å². The van der Waals surface area contributed by atoms with Crippen molar-refractivity contribution in [1.82, 2.24) is 4.98 Å². The quantitative estimate of drug-likeness (QED) is 0.664. The van der Waals surface area contributed by atoms with E-state index in [4.69, 9.17) is 0 Å². The molecule has 0 aliphatic carbocycles. The number of aromatic nitrogens is 1. The van der Waals surface area contributed by atoms with Gasteiger partial charge in [0.2, 0.25) is 5.82 Å². The minimum Gasteiger partial charge on any atom is -0.360 e. The summed E-state index contributed by atoms with van der Waals surface area (Å²) in [7, 11) is 0. The molecule has 2 rings (SSSR count). The van der Waals surface area contributed by atoms with Gasteiger partial charge in [-0.25, -0.2) is 4.98 Å². The highest BCUT2D eigenvalue weighted by atomic mass is 79.9. The second kappa shape index (κ2) is 6.47. The topological polar surface area (TPSA) is 68.1 Å². The van der Waals surface area contributed by atoms with E-state index in [1.807, 2.05) is 12.1 Å². The number of nitrogens with zero attached hydrogens (tertiary/aromatic N) is 2. The van der Waals surface area contributed by atoms with Crippen molar-refractivity contribution in [2.45, 2.75) is 19.9 Å². The molecule has 1 N–H and O–H groups in total. The number of halogens is 1. The summed E-state index contributed by atoms with van der Waals surface area (Å²) < 4.78 is 0.585. The van der Waals surface area contributed by atoms with Crippen LogP contribution >= 0.6 is 15.9 Å². The van der Waals surface area contributed by atoms with Crippen LogP contribution in [0.2, 0.25) is 0 Å². The average Bonchev–Trinajstić information content (AvgIpc) is 2.46. The highest BCUT2D eigenvalue weighted by molar-refractivity contribution is 9.10. The number of anilines is 1. The first-order valence-corrected chi connectivity index (χ1v) is 7.01. The zero-order chi connectivity index (χ0) is 14.5. The first-order valence-electron chi connectivity index (χ1n) is 6.21. The van der Waals surface area contributed by atoms with Gasteiger partial charge in [-0.15, -0.1) is 0 Å². The van der Waals surface area contributed by atoms with Crippen LogP contribution in [0.4, 0.5) is 11.5 Å². The predicted octanol–water partition coefficient (Wildman–Crippen LogP) is 3.93. The van der Waals surface area contributed by atoms with E-state index in [0.29, 0.717) is 11.0 Å². The lowest BCUT2D eigenvalue weighted by Crippen LogP contribution is -2.04. The number of aryl methyl sites for hydroxylation is 1. The fourth-order valence-electron chi connectivity index (χ4n) is 1.78. The summed E-state index contributed by atoms with van der Waals surface area (Å²) >= 11 is 3.18. The second-order valence-electron chi connectivity index (χ2n) is 4.30. The molecule has 5 nitrogen and oxygen atoms in total. The number of pyridine rings is 1. The summed E-state index contributed by atoms with van der Waals surface area (Å²) in [4.78, 5) is 14.6. The van der Waals surface area contributed by atoms with E-state index in [1.165, 1.54) is 17.8 Å². The molecule has 0 atom stereocenters. The van der Waals surface area contributed by atoms with Crippen molar-refractivity contribution in [3.63, 3.8) is 0 Å². The summed E-state index contributed by atoms with van der Waals surface area (Å²) in [5.41, 5.74) is 2.28. The molecule has 0 bridgehead atoms. The van der Waals surface area contributed by atoms with Gasteiger partial charge in [0, 0.05) is 23.3 Å². The van der Waals surface area contributed by atoms with E-state index in [9.17, 15) is 10.1 Å². The van der Waals surface area contributed by atoms with Gasteiger partial charge in [0.05, 0.1) is 4.92 Å². The van der Waals surface area contributed by atoms with Gasteiger partial charge >= 0.3 is 5.69 Å². The number of hydrogen-bond donors (Lipinski definition) is 1. The fourth-order valence-corrected chi connectivity index (χ4v) is 2.10. The summed E-state index contributed by atoms with van der Waals surface area (Å²) in [5, 5.41) is 14.0. The SMILES string of the molecule is CCc1ccc(CNc2ncc(Br)cc2[N+](=O)[O-])cc1. The van der Waals surface area contributed by atoms with Crippen molar-refractivity contribution < 1.29 is 4.92 Å². The van der Waals surface area contributed by atoms with Crippen LogP contribution < -0.4 is 5.32 Å². The van der Waals surface area contributed by atoms with Crippen molar-refractivity contribution in [3.8, 4) is 0 Å². The van der Waals surface area contributed by atoms with Crippen molar-refractivity contribution >= 4 is 27.4 Å². The molecule has 1 aromatic heterocycles. The maximum absolute atomic E-state index is 11.0. The van der Waals surface area contributed by atoms with Gasteiger partial charge in [-0.05, 0) is 33.5 Å². The first-order chi connectivity index (χ1) is 9.60. The first kappa shape index (κ1) is 14.5. The maximum atomic E-state index is 11.0. The van der Waals surface area contributed by atoms with E-state index in [1.54, 1.807) is 0 Å². The Hall–Kier alpha value is -1.95. The molecule has 0 fully saturated rings. The van der Waals surface area contributed by atoms with Crippen LogP contribution in [0.5, 0.6) is 0 Å². The molecule has 104 valence electrons. The Labute approximate surface area is 125 Å². The molecule has 1 aromatic carbocycles. The number of nitrogens with one attached hydrogen (secondary N) is 1. The lowest BCUT2D eigenvalue weighted by Gasteiger charge is -2.07. The zero-order valence-corrected chi connectivity index (χ0v) is 12.6. The van der Waals surface area contributed by atoms with Gasteiger partial charge in [-0.2, -0.15) is 0 Å². The molecule has 0 radical (unpaired) electrons. The molecule has 0 saturated heterocycles. The smallest absolute Gasteiger partial charge is 0.312 e. The van der Waals surface area contributed by atoms with Crippen molar-refractivity contribution in [2.75, 3.05) is 5.32 Å². The lowest BCUT2D eigenvalue weighted by molar-refractivity contribution is -0.384. The Morgan fingerprint density at radius 3 is 2.55 bits per heavy atom. The number of nitro groups is 1. The largest absolute Gasteiger partial charge is 0.360 e. The van der Waals surface area contributed by atoms with E-state index in [2.05, 4.69) is 45.3 Å². The molecule has 6 heteroatoms. The van der Waals surface area contributed by atoms with Crippen LogP contribution in [0.3, 0.4) is 0 Å². The summed E-state index contributed by atoms with van der Waals surface area (Å²) in [6.45, 7) is 2.60. The standard InChI is InChI=1S/C14H14BrN3O2/c1-2-10-3-5-11(6-4-10)8-16-14-13(18(19)20)7-12(15)9-17-14/h3-7,9H,2,8H2,1H3,(H,16,17). The van der Waals surface area contributed by atoms with Crippen molar-refractivity contribution in [1.29, 1.82) is 0 Å². The van der Waals surface area contributed by atoms with Gasteiger partial charge < -0.3 is 5.32 Å². The zero-order valence-electron chi connectivity index (χ0n) is 11.0. The second-order valence-corrected chi connectivity index (χ2v) is 5.22. The molecule has 2 aromatic rings. The van der Waals surface area contributed by atoms with Crippen LogP contribution in [-0.2, 0) is 13.0 Å². The molecule has 1 heterocycles. The van der Waals surface area contributed by atoms with Crippen LogP contribution in [0.25, 0.3) is 0 Å². The summed E-state index contributed by atoms with van der Waals surface area (Å²) in [6, 6.07) is 9.57. The van der Waals surface area contributed by atoms with Crippen molar-refractivity contribution in [2.24, 2.45) is 0 Å². The number of rotatable bonds is 5. The molecule has 0 aliphatic rings. The molecule has 0 amide bonds. The Kier molecular flexibility index (Phi) is 4.68. The van der Waals surface area contributed by atoms with Gasteiger partial charge in [0.25, 0.3) is 0 Å². The predicted molar refractivity (Wildman–Crippen MR) is 81.7 cm³/mol. The Morgan fingerprint density at radius 2 is 1.95 bits per heavy atom. The monoisotopic (exact) mass is 335 g/mol. The highest BCUT2D eigenvalue weighted by Crippen LogP contribution is 2.25. The average molecular weight is 336 g/mol. The Morgan fingerprint density at radius 1 is 1.30 bits per heavy atom. The van der Waals surface area contributed by atoms with Crippen molar-refractivity contribution in [3.05, 3.63) is 62.2 Å². The highest BCUT2D eigenvalue weighted by Gasteiger charge is 2.15. The van der Waals surface area contributed by atoms with Gasteiger partial charge in [-0.3, -0.25) is 10.1 Å². The van der Waals surface area contributed by atoms with Crippen LogP contribution in [-0.4, -0.2) is 9.91 Å². The minimum atomic E-state index is -0.444. The number of hydrogen-bond acceptors (Lipinski definition) is 4. The molecule has 0 aliphatic heterocycles. The number of benzene rings is 1. The van der Waals surface area contributed by atoms with Crippen LogP contribution in [0, 0.1) is 10.1 Å². The fraction of sp³-hybridized carbons (Fsp3) is 0.214. The van der Waals surface area contributed by atoms with E-state index in [0.717, 1.165) is 12.0 Å². The molecule has 20 heavy (non-hydrogen) atoms. The normalized spacial score (nSPS) is 10.3.